The van der Waals surface area contributed by atoms with Crippen LogP contribution in [0.1, 0.15) is 55.6 Å². The van der Waals surface area contributed by atoms with Crippen molar-refractivity contribution in [2.75, 3.05) is 17.6 Å². The van der Waals surface area contributed by atoms with Crippen molar-refractivity contribution in [2.24, 2.45) is 5.92 Å². The molecule has 11 nitrogen and oxygen atoms in total. The molecule has 2 bridgehead atoms. The van der Waals surface area contributed by atoms with Crippen LogP contribution in [0.25, 0.3) is 22.3 Å². The van der Waals surface area contributed by atoms with Crippen LogP contribution in [-0.4, -0.2) is 59.8 Å². The lowest BCUT2D eigenvalue weighted by Gasteiger charge is -2.34. The highest BCUT2D eigenvalue weighted by molar-refractivity contribution is 6.04. The van der Waals surface area contributed by atoms with Crippen LogP contribution in [0, 0.1) is 5.92 Å². The smallest absolute Gasteiger partial charge is 0.416 e. The Labute approximate surface area is 244 Å². The molecule has 2 aliphatic rings. The maximum absolute atomic E-state index is 13.0. The molecule has 3 atom stereocenters. The monoisotopic (exact) mass is 594 g/mol. The number of fused-ring (bicyclic) bond motifs is 3. The van der Waals surface area contributed by atoms with E-state index in [1.165, 1.54) is 18.5 Å². The Bertz CT molecular complexity index is 1710. The van der Waals surface area contributed by atoms with Gasteiger partial charge in [-0.15, -0.1) is 0 Å². The Morgan fingerprint density at radius 3 is 2.42 bits per heavy atom. The van der Waals surface area contributed by atoms with Gasteiger partial charge < -0.3 is 20.7 Å². The summed E-state index contributed by atoms with van der Waals surface area (Å²) in [5.74, 6) is -0.310. The number of rotatable bonds is 4. The summed E-state index contributed by atoms with van der Waals surface area (Å²) in [6.45, 7) is 6.13. The third-order valence-corrected chi connectivity index (χ3v) is 7.66. The summed E-state index contributed by atoms with van der Waals surface area (Å²) in [6.07, 6.45) is -0.928. The fourth-order valence-electron chi connectivity index (χ4n) is 5.86. The largest absolute Gasteiger partial charge is 0.444 e. The zero-order valence-corrected chi connectivity index (χ0v) is 23.6. The van der Waals surface area contributed by atoms with Crippen molar-refractivity contribution in [3.63, 3.8) is 0 Å². The van der Waals surface area contributed by atoms with Crippen molar-refractivity contribution in [3.8, 4) is 11.3 Å². The molecule has 2 amide bonds. The number of hydrogen-bond acceptors (Lipinski definition) is 8. The minimum absolute atomic E-state index is 0.123. The lowest BCUT2D eigenvalue weighted by molar-refractivity contribution is -0.137. The van der Waals surface area contributed by atoms with Gasteiger partial charge in [-0.3, -0.25) is 4.79 Å². The van der Waals surface area contributed by atoms with Crippen LogP contribution in [0.4, 0.5) is 29.6 Å². The molecule has 1 aliphatic heterocycles. The maximum Gasteiger partial charge on any atom is 0.416 e. The van der Waals surface area contributed by atoms with E-state index in [4.69, 9.17) is 15.6 Å². The van der Waals surface area contributed by atoms with Gasteiger partial charge >= 0.3 is 12.3 Å². The average molecular weight is 595 g/mol. The number of nitrogens with two attached hydrogens (primary N) is 1. The molecule has 4 heterocycles. The zero-order chi connectivity index (χ0) is 30.7. The Balaban J connectivity index is 1.28. The van der Waals surface area contributed by atoms with E-state index in [1.54, 1.807) is 17.0 Å². The van der Waals surface area contributed by atoms with Gasteiger partial charge in [-0.1, -0.05) is 12.1 Å². The molecule has 3 aromatic heterocycles. The molecule has 1 aromatic carbocycles. The van der Waals surface area contributed by atoms with Gasteiger partial charge in [0, 0.05) is 23.9 Å². The minimum atomic E-state index is -4.56. The Hall–Kier alpha value is -4.75. The van der Waals surface area contributed by atoms with Crippen LogP contribution in [0.15, 0.2) is 48.9 Å². The van der Waals surface area contributed by atoms with Crippen molar-refractivity contribution >= 4 is 34.7 Å². The van der Waals surface area contributed by atoms with Crippen LogP contribution in [0.5, 0.6) is 0 Å². The fourth-order valence-corrected chi connectivity index (χ4v) is 5.86. The summed E-state index contributed by atoms with van der Waals surface area (Å²) < 4.78 is 46.6. The molecule has 43 heavy (non-hydrogen) atoms. The standard InChI is InChI=1S/C29H29F3N8O3/c1-28(2,3)43-27(42)39-13-15-10-19(39)20(11-15)40-25-22(24(33)35-14-36-25)23(38-40)16-4-6-17(7-5-16)26(41)37-21-12-18(8-9-34-21)29(30,31)32/h4-9,12,14-15,19-20H,10-11,13H2,1-3H3,(H2,33,35,36)(H,34,37,41). The van der Waals surface area contributed by atoms with Crippen molar-refractivity contribution in [1.82, 2.24) is 29.6 Å². The van der Waals surface area contributed by atoms with Gasteiger partial charge in [-0.05, 0) is 63.8 Å². The molecule has 4 aromatic rings. The van der Waals surface area contributed by atoms with E-state index < -0.39 is 23.2 Å². The van der Waals surface area contributed by atoms with E-state index in [1.807, 2.05) is 25.5 Å². The highest BCUT2D eigenvalue weighted by Crippen LogP contribution is 2.46. The second-order valence-corrected chi connectivity index (χ2v) is 11.8. The highest BCUT2D eigenvalue weighted by atomic mass is 19.4. The molecule has 6 rings (SSSR count). The first-order valence-corrected chi connectivity index (χ1v) is 13.7. The Morgan fingerprint density at radius 1 is 1.02 bits per heavy atom. The number of amides is 2. The summed E-state index contributed by atoms with van der Waals surface area (Å²) in [7, 11) is 0. The van der Waals surface area contributed by atoms with Gasteiger partial charge in [0.05, 0.1) is 23.0 Å². The van der Waals surface area contributed by atoms with E-state index in [0.29, 0.717) is 34.8 Å². The van der Waals surface area contributed by atoms with Crippen LogP contribution < -0.4 is 11.1 Å². The molecule has 0 radical (unpaired) electrons. The summed E-state index contributed by atoms with van der Waals surface area (Å²) in [4.78, 5) is 40.0. The number of ether oxygens (including phenoxy) is 1. The third kappa shape index (κ3) is 5.44. The molecule has 0 spiro atoms. The zero-order valence-electron chi connectivity index (χ0n) is 23.6. The number of carbonyl (C=O) groups is 2. The van der Waals surface area contributed by atoms with Crippen molar-refractivity contribution in [3.05, 3.63) is 60.0 Å². The first kappa shape index (κ1) is 28.4. The lowest BCUT2D eigenvalue weighted by atomic mass is 10.1. The number of aromatic nitrogens is 5. The molecule has 3 N–H and O–H groups in total. The van der Waals surface area contributed by atoms with Gasteiger partial charge in [0.2, 0.25) is 0 Å². The Kier molecular flexibility index (Phi) is 6.74. The van der Waals surface area contributed by atoms with Crippen LogP contribution in [0.3, 0.4) is 0 Å². The number of pyridine rings is 1. The summed E-state index contributed by atoms with van der Waals surface area (Å²) in [6, 6.07) is 7.73. The van der Waals surface area contributed by atoms with Gasteiger partial charge in [-0.25, -0.2) is 24.4 Å². The summed E-state index contributed by atoms with van der Waals surface area (Å²) in [5, 5.41) is 7.84. The molecular weight excluding hydrogens is 565 g/mol. The molecule has 14 heteroatoms. The number of anilines is 2. The summed E-state index contributed by atoms with van der Waals surface area (Å²) in [5.41, 5.74) is 6.63. The van der Waals surface area contributed by atoms with E-state index in [0.717, 1.165) is 31.2 Å². The Morgan fingerprint density at radius 2 is 1.74 bits per heavy atom. The number of nitrogen functional groups attached to an aromatic ring is 1. The topological polar surface area (TPSA) is 141 Å². The molecule has 224 valence electrons. The number of benzene rings is 1. The van der Waals surface area contributed by atoms with E-state index in [2.05, 4.69) is 20.3 Å². The van der Waals surface area contributed by atoms with Gasteiger partial charge in [0.1, 0.15) is 29.3 Å². The van der Waals surface area contributed by atoms with Crippen molar-refractivity contribution in [2.45, 2.75) is 57.5 Å². The lowest BCUT2D eigenvalue weighted by Crippen LogP contribution is -2.45. The number of piperidine rings is 1. The quantitative estimate of drug-likeness (QED) is 0.324. The molecule has 3 unspecified atom stereocenters. The van der Waals surface area contributed by atoms with E-state index in [9.17, 15) is 22.8 Å². The number of halogens is 3. The number of carbonyl (C=O) groups excluding carboxylic acids is 2. The van der Waals surface area contributed by atoms with E-state index in [-0.39, 0.29) is 35.4 Å². The van der Waals surface area contributed by atoms with Crippen LogP contribution in [-0.2, 0) is 10.9 Å². The van der Waals surface area contributed by atoms with Gasteiger partial charge in [0.15, 0.2) is 5.65 Å². The second kappa shape index (κ2) is 10.2. The number of hydrogen-bond donors (Lipinski definition) is 2. The maximum atomic E-state index is 13.0. The SMILES string of the molecule is CC(C)(C)OC(=O)N1CC2CC1C(n1nc(-c3ccc(C(=O)Nc4cc(C(F)(F)F)ccn4)cc3)c3c(N)ncnc31)C2. The van der Waals surface area contributed by atoms with Crippen LogP contribution >= 0.6 is 0 Å². The predicted molar refractivity (Wildman–Crippen MR) is 151 cm³/mol. The number of alkyl halides is 3. The minimum Gasteiger partial charge on any atom is -0.444 e. The van der Waals surface area contributed by atoms with Crippen LogP contribution in [0.2, 0.25) is 0 Å². The molecular formula is C29H29F3N8O3. The number of nitrogens with one attached hydrogen (secondary N) is 1. The first-order chi connectivity index (χ1) is 20.3. The number of nitrogens with zero attached hydrogens (tertiary/aromatic N) is 6. The van der Waals surface area contributed by atoms with E-state index >= 15 is 0 Å². The second-order valence-electron chi connectivity index (χ2n) is 11.8. The predicted octanol–water partition coefficient (Wildman–Crippen LogP) is 5.31. The molecule has 2 fully saturated rings. The number of likely N-dealkylation sites (tertiary alicyclic amines) is 1. The van der Waals surface area contributed by atoms with Crippen molar-refractivity contribution in [1.29, 1.82) is 0 Å². The van der Waals surface area contributed by atoms with Crippen molar-refractivity contribution < 1.29 is 27.5 Å². The first-order valence-electron chi connectivity index (χ1n) is 13.7. The average Bonchev–Trinajstić information content (AvgIpc) is 3.65. The molecule has 1 saturated carbocycles. The van der Waals surface area contributed by atoms with Gasteiger partial charge in [0.25, 0.3) is 5.91 Å². The normalized spacial score (nSPS) is 20.0. The summed E-state index contributed by atoms with van der Waals surface area (Å²) >= 11 is 0. The fraction of sp³-hybridized carbons (Fsp3) is 0.379. The molecule has 1 saturated heterocycles. The molecule has 1 aliphatic carbocycles. The van der Waals surface area contributed by atoms with Gasteiger partial charge in [-0.2, -0.15) is 18.3 Å². The third-order valence-electron chi connectivity index (χ3n) is 7.66. The highest BCUT2D eigenvalue weighted by Gasteiger charge is 2.50.